The van der Waals surface area contributed by atoms with Crippen molar-refractivity contribution in [1.82, 2.24) is 5.32 Å². The van der Waals surface area contributed by atoms with Gasteiger partial charge >= 0.3 is 0 Å². The minimum atomic E-state index is -0.535. The lowest BCUT2D eigenvalue weighted by molar-refractivity contribution is -0.384. The number of nitrogens with zero attached hydrogens (tertiary/aromatic N) is 1. The quantitative estimate of drug-likeness (QED) is 0.449. The Balaban J connectivity index is 2.49. The monoisotopic (exact) mass is 287 g/mol. The number of carbonyl (C=O) groups excluding carboxylic acids is 1. The van der Waals surface area contributed by atoms with Gasteiger partial charge < -0.3 is 15.4 Å². The number of methoxy groups -OCH3 is 1. The van der Waals surface area contributed by atoms with Gasteiger partial charge in [-0.1, -0.05) is 11.6 Å². The highest BCUT2D eigenvalue weighted by Gasteiger charge is 2.09. The van der Waals surface area contributed by atoms with E-state index in [1.165, 1.54) is 18.2 Å². The molecule has 2 N–H and O–H groups in total. The summed E-state index contributed by atoms with van der Waals surface area (Å²) in [7, 11) is 1.54. The smallest absolute Gasteiger partial charge is 0.271 e. The van der Waals surface area contributed by atoms with Crippen LogP contribution in [-0.2, 0) is 9.53 Å². The molecule has 7 nitrogen and oxygen atoms in total. The molecule has 19 heavy (non-hydrogen) atoms. The third kappa shape index (κ3) is 5.11. The summed E-state index contributed by atoms with van der Waals surface area (Å²) >= 11 is 5.87. The maximum atomic E-state index is 11.4. The highest BCUT2D eigenvalue weighted by atomic mass is 35.5. The van der Waals surface area contributed by atoms with Crippen molar-refractivity contribution in [3.63, 3.8) is 0 Å². The Kier molecular flexibility index (Phi) is 6.04. The lowest BCUT2D eigenvalue weighted by atomic mass is 10.3. The standard InChI is InChI=1S/C11H14ClN3O4/c1-19-5-4-13-11(16)7-14-10-3-2-8(15(17)18)6-9(10)12/h2-3,6,14H,4-5,7H2,1H3,(H,13,16). The first kappa shape index (κ1) is 15.2. The summed E-state index contributed by atoms with van der Waals surface area (Å²) in [5, 5.41) is 16.1. The predicted octanol–water partition coefficient (Wildman–Crippen LogP) is 1.42. The Labute approximate surface area is 115 Å². The van der Waals surface area contributed by atoms with E-state index in [9.17, 15) is 14.9 Å². The second-order valence-corrected chi connectivity index (χ2v) is 4.02. The van der Waals surface area contributed by atoms with Gasteiger partial charge in [0.15, 0.2) is 0 Å². The molecule has 1 amide bonds. The number of amides is 1. The lowest BCUT2D eigenvalue weighted by Gasteiger charge is -2.08. The molecule has 0 bridgehead atoms. The molecule has 0 atom stereocenters. The molecule has 1 rings (SSSR count). The molecule has 104 valence electrons. The van der Waals surface area contributed by atoms with Crippen LogP contribution in [0, 0.1) is 10.1 Å². The molecule has 0 aliphatic carbocycles. The highest BCUT2D eigenvalue weighted by Crippen LogP contribution is 2.26. The molecule has 0 aliphatic heterocycles. The summed E-state index contributed by atoms with van der Waals surface area (Å²) < 4.78 is 4.79. The minimum absolute atomic E-state index is 0.0290. The minimum Gasteiger partial charge on any atom is -0.383 e. The van der Waals surface area contributed by atoms with Gasteiger partial charge in [0.1, 0.15) is 0 Å². The van der Waals surface area contributed by atoms with Crippen LogP contribution < -0.4 is 10.6 Å². The second-order valence-electron chi connectivity index (χ2n) is 3.62. The van der Waals surface area contributed by atoms with Gasteiger partial charge in [-0.2, -0.15) is 0 Å². The van der Waals surface area contributed by atoms with Gasteiger partial charge in [0, 0.05) is 25.8 Å². The molecule has 1 aromatic carbocycles. The molecule has 0 heterocycles. The number of anilines is 1. The Morgan fingerprint density at radius 1 is 1.53 bits per heavy atom. The van der Waals surface area contributed by atoms with E-state index in [1.54, 1.807) is 7.11 Å². The number of nitro benzene ring substituents is 1. The van der Waals surface area contributed by atoms with Gasteiger partial charge in [0.2, 0.25) is 5.91 Å². The van der Waals surface area contributed by atoms with Crippen molar-refractivity contribution in [1.29, 1.82) is 0 Å². The summed E-state index contributed by atoms with van der Waals surface area (Å²) in [6.07, 6.45) is 0. The largest absolute Gasteiger partial charge is 0.383 e. The van der Waals surface area contributed by atoms with Gasteiger partial charge in [0.05, 0.1) is 28.8 Å². The zero-order valence-electron chi connectivity index (χ0n) is 10.3. The molecule has 0 fully saturated rings. The van der Waals surface area contributed by atoms with Crippen molar-refractivity contribution in [2.45, 2.75) is 0 Å². The summed E-state index contributed by atoms with van der Waals surface area (Å²) in [5.41, 5.74) is 0.370. The lowest BCUT2D eigenvalue weighted by Crippen LogP contribution is -2.32. The van der Waals surface area contributed by atoms with E-state index in [2.05, 4.69) is 10.6 Å². The molecule has 0 aliphatic rings. The van der Waals surface area contributed by atoms with Crippen LogP contribution in [0.1, 0.15) is 0 Å². The third-order valence-electron chi connectivity index (χ3n) is 2.23. The number of halogens is 1. The fourth-order valence-electron chi connectivity index (χ4n) is 1.29. The topological polar surface area (TPSA) is 93.5 Å². The van der Waals surface area contributed by atoms with Crippen molar-refractivity contribution in [3.8, 4) is 0 Å². The number of rotatable bonds is 7. The second kappa shape index (κ2) is 7.55. The SMILES string of the molecule is COCCNC(=O)CNc1ccc([N+](=O)[O-])cc1Cl. The number of ether oxygens (including phenoxy) is 1. The highest BCUT2D eigenvalue weighted by molar-refractivity contribution is 6.33. The molecule has 8 heteroatoms. The van der Waals surface area contributed by atoms with Crippen LogP contribution >= 0.6 is 11.6 Å². The normalized spacial score (nSPS) is 10.0. The first-order valence-electron chi connectivity index (χ1n) is 5.48. The van der Waals surface area contributed by atoms with Gasteiger partial charge in [-0.25, -0.2) is 0 Å². The van der Waals surface area contributed by atoms with E-state index in [0.29, 0.717) is 18.8 Å². The molecule has 0 aromatic heterocycles. The Bertz CT molecular complexity index is 467. The molecular formula is C11H14ClN3O4. The van der Waals surface area contributed by atoms with Gasteiger partial charge in [-0.15, -0.1) is 0 Å². The van der Waals surface area contributed by atoms with Crippen molar-refractivity contribution in [3.05, 3.63) is 33.3 Å². The van der Waals surface area contributed by atoms with Crippen LogP contribution in [0.4, 0.5) is 11.4 Å². The number of hydrogen-bond acceptors (Lipinski definition) is 5. The van der Waals surface area contributed by atoms with E-state index in [4.69, 9.17) is 16.3 Å². The Morgan fingerprint density at radius 3 is 2.84 bits per heavy atom. The fourth-order valence-corrected chi connectivity index (χ4v) is 1.53. The summed E-state index contributed by atoms with van der Waals surface area (Å²) in [5.74, 6) is -0.216. The van der Waals surface area contributed by atoms with Crippen molar-refractivity contribution in [2.75, 3.05) is 32.1 Å². The van der Waals surface area contributed by atoms with Crippen molar-refractivity contribution < 1.29 is 14.5 Å². The predicted molar refractivity (Wildman–Crippen MR) is 71.5 cm³/mol. The number of nitro groups is 1. The van der Waals surface area contributed by atoms with Gasteiger partial charge in [-0.05, 0) is 6.07 Å². The molecule has 0 saturated heterocycles. The Morgan fingerprint density at radius 2 is 2.26 bits per heavy atom. The number of non-ortho nitro benzene ring substituents is 1. The number of nitrogens with one attached hydrogen (secondary N) is 2. The molecule has 1 aromatic rings. The first-order valence-corrected chi connectivity index (χ1v) is 5.86. The summed E-state index contributed by atoms with van der Waals surface area (Å²) in [6.45, 7) is 0.885. The molecule has 0 radical (unpaired) electrons. The van der Waals surface area contributed by atoms with Gasteiger partial charge in [-0.3, -0.25) is 14.9 Å². The maximum absolute atomic E-state index is 11.4. The van der Waals surface area contributed by atoms with E-state index >= 15 is 0 Å². The molecular weight excluding hydrogens is 274 g/mol. The zero-order chi connectivity index (χ0) is 14.3. The van der Waals surface area contributed by atoms with E-state index in [1.807, 2.05) is 0 Å². The van der Waals surface area contributed by atoms with E-state index in [0.717, 1.165) is 0 Å². The average molecular weight is 288 g/mol. The maximum Gasteiger partial charge on any atom is 0.271 e. The average Bonchev–Trinajstić information content (AvgIpc) is 2.37. The van der Waals surface area contributed by atoms with Crippen LogP contribution in [0.3, 0.4) is 0 Å². The van der Waals surface area contributed by atoms with Crippen LogP contribution in [0.2, 0.25) is 5.02 Å². The summed E-state index contributed by atoms with van der Waals surface area (Å²) in [6, 6.07) is 4.01. The summed E-state index contributed by atoms with van der Waals surface area (Å²) in [4.78, 5) is 21.4. The zero-order valence-corrected chi connectivity index (χ0v) is 11.1. The van der Waals surface area contributed by atoms with Gasteiger partial charge in [0.25, 0.3) is 5.69 Å². The van der Waals surface area contributed by atoms with Crippen LogP contribution in [-0.4, -0.2) is 37.6 Å². The first-order chi connectivity index (χ1) is 9.04. The Hall–Kier alpha value is -1.86. The van der Waals surface area contributed by atoms with Crippen molar-refractivity contribution in [2.24, 2.45) is 0 Å². The van der Waals surface area contributed by atoms with E-state index < -0.39 is 4.92 Å². The number of carbonyl (C=O) groups is 1. The molecule has 0 saturated carbocycles. The number of benzene rings is 1. The van der Waals surface area contributed by atoms with Crippen molar-refractivity contribution >= 4 is 28.9 Å². The van der Waals surface area contributed by atoms with Crippen LogP contribution in [0.15, 0.2) is 18.2 Å². The molecule has 0 spiro atoms. The third-order valence-corrected chi connectivity index (χ3v) is 2.54. The van der Waals surface area contributed by atoms with Crippen LogP contribution in [0.5, 0.6) is 0 Å². The van der Waals surface area contributed by atoms with Crippen LogP contribution in [0.25, 0.3) is 0 Å². The molecule has 0 unspecified atom stereocenters. The number of hydrogen-bond donors (Lipinski definition) is 2. The van der Waals surface area contributed by atoms with E-state index in [-0.39, 0.29) is 23.2 Å². The fraction of sp³-hybridized carbons (Fsp3) is 0.364.